The Kier molecular flexibility index (Phi) is 3.87. The van der Waals surface area contributed by atoms with Crippen LogP contribution in [0.2, 0.25) is 0 Å². The number of imidazole rings is 1. The first-order valence-corrected chi connectivity index (χ1v) is 7.08. The van der Waals surface area contributed by atoms with Gasteiger partial charge in [0.1, 0.15) is 0 Å². The van der Waals surface area contributed by atoms with Gasteiger partial charge < -0.3 is 10.1 Å². The highest BCUT2D eigenvalue weighted by Gasteiger charge is 2.22. The molecule has 0 amide bonds. The topological polar surface area (TPSA) is 98.8 Å². The van der Waals surface area contributed by atoms with E-state index in [4.69, 9.17) is 4.74 Å². The second-order valence-corrected chi connectivity index (χ2v) is 4.96. The molecule has 0 bridgehead atoms. The molecular weight excluding hydrogens is 312 g/mol. The van der Waals surface area contributed by atoms with Crippen molar-refractivity contribution < 1.29 is 14.5 Å². The molecule has 2 heterocycles. The summed E-state index contributed by atoms with van der Waals surface area (Å²) in [5, 5.41) is 13.9. The van der Waals surface area contributed by atoms with Gasteiger partial charge in [0, 0.05) is 24.9 Å². The number of nitro benzene ring substituents is 1. The van der Waals surface area contributed by atoms with Crippen molar-refractivity contribution in [3.8, 4) is 5.75 Å². The van der Waals surface area contributed by atoms with Crippen LogP contribution >= 0.6 is 0 Å². The number of aromatic nitrogens is 2. The summed E-state index contributed by atoms with van der Waals surface area (Å²) in [5.41, 5.74) is 0.825. The zero-order valence-corrected chi connectivity index (χ0v) is 13.0. The predicted molar refractivity (Wildman–Crippen MR) is 87.8 cm³/mol. The molecule has 0 spiro atoms. The summed E-state index contributed by atoms with van der Waals surface area (Å²) in [6, 6.07) is 9.48. The number of nitro groups is 1. The number of methoxy groups -OCH3 is 1. The molecule has 0 aliphatic rings. The summed E-state index contributed by atoms with van der Waals surface area (Å²) in [4.78, 5) is 27.5. The fourth-order valence-corrected chi connectivity index (χ4v) is 2.48. The standard InChI is InChI=1S/C16H14N4O4/c1-17-15-12-5-3-4-8-19(12)16(18-15)14(21)10-6-7-11(20(22)23)13(9-10)24-2/h3-9,17H,1-2H3. The number of nitrogens with one attached hydrogen (secondary N) is 1. The smallest absolute Gasteiger partial charge is 0.310 e. The SMILES string of the molecule is CNc1nc(C(=O)c2ccc([N+](=O)[O-])c(OC)c2)n2ccccc12. The van der Waals surface area contributed by atoms with Gasteiger partial charge in [0.05, 0.1) is 17.5 Å². The Labute approximate surface area is 136 Å². The number of benzene rings is 1. The van der Waals surface area contributed by atoms with E-state index in [0.29, 0.717) is 5.82 Å². The summed E-state index contributed by atoms with van der Waals surface area (Å²) in [6.45, 7) is 0. The third-order valence-electron chi connectivity index (χ3n) is 3.63. The molecule has 1 N–H and O–H groups in total. The van der Waals surface area contributed by atoms with Gasteiger partial charge in [-0.25, -0.2) is 4.98 Å². The van der Waals surface area contributed by atoms with E-state index in [9.17, 15) is 14.9 Å². The molecule has 0 fully saturated rings. The predicted octanol–water partition coefficient (Wildman–Crippen LogP) is 2.52. The number of nitrogens with zero attached hydrogens (tertiary/aromatic N) is 3. The zero-order valence-electron chi connectivity index (χ0n) is 13.0. The van der Waals surface area contributed by atoms with Gasteiger partial charge in [0.2, 0.25) is 5.78 Å². The van der Waals surface area contributed by atoms with Gasteiger partial charge in [0.15, 0.2) is 17.4 Å². The number of carbonyl (C=O) groups excluding carboxylic acids is 1. The van der Waals surface area contributed by atoms with Crippen molar-refractivity contribution in [2.45, 2.75) is 0 Å². The number of anilines is 1. The molecular formula is C16H14N4O4. The van der Waals surface area contributed by atoms with Gasteiger partial charge in [-0.15, -0.1) is 0 Å². The first-order valence-electron chi connectivity index (χ1n) is 7.08. The quantitative estimate of drug-likeness (QED) is 0.439. The molecule has 122 valence electrons. The van der Waals surface area contributed by atoms with Crippen LogP contribution in [0.5, 0.6) is 5.75 Å². The molecule has 0 aliphatic heterocycles. The number of hydrogen-bond acceptors (Lipinski definition) is 6. The molecule has 8 nitrogen and oxygen atoms in total. The Morgan fingerprint density at radius 3 is 2.79 bits per heavy atom. The number of carbonyl (C=O) groups is 1. The maximum Gasteiger partial charge on any atom is 0.310 e. The Balaban J connectivity index is 2.12. The number of rotatable bonds is 5. The van der Waals surface area contributed by atoms with Crippen LogP contribution in [0.4, 0.5) is 11.5 Å². The van der Waals surface area contributed by atoms with Gasteiger partial charge in [0.25, 0.3) is 0 Å². The van der Waals surface area contributed by atoms with Crippen molar-refractivity contribution in [1.29, 1.82) is 0 Å². The summed E-state index contributed by atoms with van der Waals surface area (Å²) < 4.78 is 6.68. The lowest BCUT2D eigenvalue weighted by molar-refractivity contribution is -0.385. The highest BCUT2D eigenvalue weighted by molar-refractivity contribution is 6.08. The number of hydrogen-bond donors (Lipinski definition) is 1. The van der Waals surface area contributed by atoms with Crippen LogP contribution in [0.1, 0.15) is 16.2 Å². The van der Waals surface area contributed by atoms with E-state index >= 15 is 0 Å². The Morgan fingerprint density at radius 1 is 1.33 bits per heavy atom. The molecule has 0 saturated carbocycles. The number of pyridine rings is 1. The molecule has 0 aliphatic carbocycles. The third-order valence-corrected chi connectivity index (χ3v) is 3.63. The van der Waals surface area contributed by atoms with Crippen molar-refractivity contribution in [1.82, 2.24) is 9.38 Å². The third kappa shape index (κ3) is 2.43. The largest absolute Gasteiger partial charge is 0.490 e. The van der Waals surface area contributed by atoms with Gasteiger partial charge in [-0.1, -0.05) is 6.07 Å². The second kappa shape index (κ2) is 5.99. The van der Waals surface area contributed by atoms with Gasteiger partial charge >= 0.3 is 5.69 Å². The normalized spacial score (nSPS) is 10.6. The lowest BCUT2D eigenvalue weighted by Gasteiger charge is -2.04. The Bertz CT molecular complexity index is 948. The molecule has 8 heteroatoms. The minimum atomic E-state index is -0.558. The van der Waals surface area contributed by atoms with E-state index < -0.39 is 4.92 Å². The van der Waals surface area contributed by atoms with Gasteiger partial charge in [-0.2, -0.15) is 0 Å². The molecule has 24 heavy (non-hydrogen) atoms. The fourth-order valence-electron chi connectivity index (χ4n) is 2.48. The highest BCUT2D eigenvalue weighted by atomic mass is 16.6. The molecule has 3 aromatic rings. The maximum atomic E-state index is 12.8. The number of ether oxygens (including phenoxy) is 1. The lowest BCUT2D eigenvalue weighted by atomic mass is 10.1. The minimum absolute atomic E-state index is 0.0283. The summed E-state index contributed by atoms with van der Waals surface area (Å²) >= 11 is 0. The first kappa shape index (κ1) is 15.5. The molecule has 0 unspecified atom stereocenters. The highest BCUT2D eigenvalue weighted by Crippen LogP contribution is 2.29. The van der Waals surface area contributed by atoms with Crippen molar-refractivity contribution in [2.75, 3.05) is 19.5 Å². The molecule has 0 radical (unpaired) electrons. The minimum Gasteiger partial charge on any atom is -0.490 e. The van der Waals surface area contributed by atoms with E-state index in [1.54, 1.807) is 23.7 Å². The summed E-state index contributed by atoms with van der Waals surface area (Å²) in [6.07, 6.45) is 1.74. The van der Waals surface area contributed by atoms with Gasteiger partial charge in [-0.05, 0) is 24.3 Å². The van der Waals surface area contributed by atoms with Crippen LogP contribution in [0.3, 0.4) is 0 Å². The van der Waals surface area contributed by atoms with Crippen LogP contribution in [-0.4, -0.2) is 34.2 Å². The van der Waals surface area contributed by atoms with Gasteiger partial charge in [-0.3, -0.25) is 19.3 Å². The molecule has 2 aromatic heterocycles. The number of ketones is 1. The average molecular weight is 326 g/mol. The molecule has 0 atom stereocenters. The Hall–Kier alpha value is -3.42. The fraction of sp³-hybridized carbons (Fsp3) is 0.125. The monoisotopic (exact) mass is 326 g/mol. The zero-order chi connectivity index (χ0) is 17.3. The average Bonchev–Trinajstić information content (AvgIpc) is 2.99. The summed E-state index contributed by atoms with van der Waals surface area (Å²) in [5.74, 6) is 0.463. The first-order chi connectivity index (χ1) is 11.6. The second-order valence-electron chi connectivity index (χ2n) is 4.96. The van der Waals surface area contributed by atoms with Crippen molar-refractivity contribution in [2.24, 2.45) is 0 Å². The van der Waals surface area contributed by atoms with E-state index in [1.807, 2.05) is 12.1 Å². The van der Waals surface area contributed by atoms with Crippen molar-refractivity contribution in [3.05, 3.63) is 64.1 Å². The van der Waals surface area contributed by atoms with Crippen LogP contribution in [-0.2, 0) is 0 Å². The van der Waals surface area contributed by atoms with Crippen LogP contribution in [0.15, 0.2) is 42.6 Å². The lowest BCUT2D eigenvalue weighted by Crippen LogP contribution is -2.07. The van der Waals surface area contributed by atoms with E-state index in [2.05, 4.69) is 10.3 Å². The van der Waals surface area contributed by atoms with E-state index in [-0.39, 0.29) is 28.6 Å². The van der Waals surface area contributed by atoms with Crippen molar-refractivity contribution in [3.63, 3.8) is 0 Å². The maximum absolute atomic E-state index is 12.8. The summed E-state index contributed by atoms with van der Waals surface area (Å²) in [7, 11) is 3.04. The van der Waals surface area contributed by atoms with E-state index in [1.165, 1.54) is 25.3 Å². The van der Waals surface area contributed by atoms with E-state index in [0.717, 1.165) is 5.52 Å². The van der Waals surface area contributed by atoms with Crippen LogP contribution in [0, 0.1) is 10.1 Å². The molecule has 1 aromatic carbocycles. The molecule has 3 rings (SSSR count). The van der Waals surface area contributed by atoms with Crippen LogP contribution in [0.25, 0.3) is 5.52 Å². The Morgan fingerprint density at radius 2 is 2.12 bits per heavy atom. The van der Waals surface area contributed by atoms with Crippen LogP contribution < -0.4 is 10.1 Å². The number of fused-ring (bicyclic) bond motifs is 1. The van der Waals surface area contributed by atoms with Crippen molar-refractivity contribution >= 4 is 22.8 Å². The molecule has 0 saturated heterocycles.